The van der Waals surface area contributed by atoms with Gasteiger partial charge in [-0.3, -0.25) is 39.1 Å². The summed E-state index contributed by atoms with van der Waals surface area (Å²) in [5.74, 6) is -0.744. The van der Waals surface area contributed by atoms with Gasteiger partial charge in [0.1, 0.15) is 11.8 Å². The van der Waals surface area contributed by atoms with E-state index in [9.17, 15) is 24.0 Å². The Morgan fingerprint density at radius 2 is 1.60 bits per heavy atom. The van der Waals surface area contributed by atoms with Crippen molar-refractivity contribution in [2.75, 3.05) is 37.6 Å². The summed E-state index contributed by atoms with van der Waals surface area (Å²) in [6.45, 7) is 12.7. The van der Waals surface area contributed by atoms with Gasteiger partial charge in [0.05, 0.1) is 28.8 Å². The Bertz CT molecular complexity index is 2120. The first-order chi connectivity index (χ1) is 26.6. The summed E-state index contributed by atoms with van der Waals surface area (Å²) in [5.41, 5.74) is 5.18. The summed E-state index contributed by atoms with van der Waals surface area (Å²) in [6, 6.07) is 15.9. The van der Waals surface area contributed by atoms with Gasteiger partial charge in [0, 0.05) is 68.9 Å². The van der Waals surface area contributed by atoms with Crippen molar-refractivity contribution < 1.29 is 28.7 Å². The zero-order valence-electron chi connectivity index (χ0n) is 30.4. The van der Waals surface area contributed by atoms with Crippen molar-refractivity contribution in [2.45, 2.75) is 70.2 Å². The van der Waals surface area contributed by atoms with E-state index in [0.29, 0.717) is 65.2 Å². The molecule has 6 aliphatic rings. The van der Waals surface area contributed by atoms with Crippen LogP contribution in [0, 0.1) is 17.9 Å². The average molecular weight is 761 g/mol. The molecule has 5 amide bonds. The number of piperidine rings is 2. The fourth-order valence-electron chi connectivity index (χ4n) is 9.58. The van der Waals surface area contributed by atoms with Crippen molar-refractivity contribution in [1.29, 1.82) is 0 Å². The highest BCUT2D eigenvalue weighted by atomic mass is 35.5. The van der Waals surface area contributed by atoms with Crippen LogP contribution in [-0.2, 0) is 22.7 Å². The molecule has 13 heteroatoms. The van der Waals surface area contributed by atoms with Crippen LogP contribution in [0.1, 0.15) is 87.1 Å². The number of nitrogens with one attached hydrogen (secondary N) is 1. The highest BCUT2D eigenvalue weighted by Gasteiger charge is 2.49. The quantitative estimate of drug-likeness (QED) is 0.244. The van der Waals surface area contributed by atoms with Gasteiger partial charge in [-0.15, -0.1) is 0 Å². The van der Waals surface area contributed by atoms with E-state index < -0.39 is 29.7 Å². The maximum absolute atomic E-state index is 13.5. The van der Waals surface area contributed by atoms with Crippen LogP contribution in [0.5, 0.6) is 5.75 Å². The van der Waals surface area contributed by atoms with Crippen LogP contribution in [0.15, 0.2) is 54.6 Å². The maximum Gasteiger partial charge on any atom is 0.262 e. The lowest BCUT2D eigenvalue weighted by atomic mass is 9.78. The molecule has 4 fully saturated rings. The van der Waals surface area contributed by atoms with Crippen LogP contribution in [0.3, 0.4) is 0 Å². The maximum atomic E-state index is 13.5. The number of carbonyl (C=O) groups excluding carboxylic acids is 5. The Hall–Kier alpha value is -5.25. The van der Waals surface area contributed by atoms with Crippen molar-refractivity contribution in [3.8, 4) is 5.75 Å². The molecule has 3 aromatic rings. The molecule has 1 saturated carbocycles. The molecule has 5 aliphatic heterocycles. The number of halogens is 1. The van der Waals surface area contributed by atoms with Crippen molar-refractivity contribution >= 4 is 52.5 Å². The molecule has 0 aromatic heterocycles. The molecular formula is C42H41ClN6O6. The number of benzene rings is 3. The van der Waals surface area contributed by atoms with Gasteiger partial charge in [0.25, 0.3) is 17.7 Å². The third-order valence-electron chi connectivity index (χ3n) is 12.5. The summed E-state index contributed by atoms with van der Waals surface area (Å²) in [7, 11) is 0. The van der Waals surface area contributed by atoms with Gasteiger partial charge in [0.15, 0.2) is 0 Å². The number of hydrogen-bond donors (Lipinski definition) is 1. The molecule has 0 bridgehead atoms. The number of likely N-dealkylation sites (tertiary alicyclic amines) is 1. The number of imide groups is 2. The molecule has 2 atom stereocenters. The van der Waals surface area contributed by atoms with Gasteiger partial charge in [-0.1, -0.05) is 17.7 Å². The molecule has 5 heterocycles. The zero-order valence-corrected chi connectivity index (χ0v) is 31.1. The minimum absolute atomic E-state index is 0.0641. The fraction of sp³-hybridized carbons (Fsp3) is 0.429. The minimum Gasteiger partial charge on any atom is -0.490 e. The number of amides is 5. The van der Waals surface area contributed by atoms with E-state index in [1.807, 2.05) is 23.1 Å². The predicted octanol–water partition coefficient (Wildman–Crippen LogP) is 5.60. The Balaban J connectivity index is 0.733. The molecule has 1 N–H and O–H groups in total. The van der Waals surface area contributed by atoms with Crippen LogP contribution in [0.2, 0.25) is 5.02 Å². The van der Waals surface area contributed by atoms with E-state index >= 15 is 0 Å². The summed E-state index contributed by atoms with van der Waals surface area (Å²) >= 11 is 6.21. The molecule has 3 saturated heterocycles. The number of rotatable bonds is 7. The Morgan fingerprint density at radius 3 is 2.24 bits per heavy atom. The molecule has 9 rings (SSSR count). The third-order valence-corrected chi connectivity index (χ3v) is 12.8. The largest absolute Gasteiger partial charge is 0.490 e. The second-order valence-electron chi connectivity index (χ2n) is 16.1. The van der Waals surface area contributed by atoms with E-state index in [0.717, 1.165) is 73.5 Å². The van der Waals surface area contributed by atoms with Crippen molar-refractivity contribution in [3.05, 3.63) is 98.9 Å². The zero-order chi connectivity index (χ0) is 38.0. The van der Waals surface area contributed by atoms with E-state index in [2.05, 4.69) is 32.1 Å². The first-order valence-corrected chi connectivity index (χ1v) is 19.5. The van der Waals surface area contributed by atoms with Crippen molar-refractivity contribution in [2.24, 2.45) is 11.3 Å². The monoisotopic (exact) mass is 760 g/mol. The van der Waals surface area contributed by atoms with E-state index in [-0.39, 0.29) is 30.3 Å². The van der Waals surface area contributed by atoms with E-state index in [4.69, 9.17) is 22.9 Å². The highest BCUT2D eigenvalue weighted by molar-refractivity contribution is 6.33. The summed E-state index contributed by atoms with van der Waals surface area (Å²) in [5, 5.41) is 2.66. The fourth-order valence-corrected chi connectivity index (χ4v) is 9.79. The van der Waals surface area contributed by atoms with Gasteiger partial charge in [-0.05, 0) is 104 Å². The number of anilines is 1. The lowest BCUT2D eigenvalue weighted by molar-refractivity contribution is -0.136. The number of nitrogens with zero attached hydrogens (tertiary/aromatic N) is 5. The topological polar surface area (TPSA) is 124 Å². The molecule has 0 radical (unpaired) electrons. The lowest BCUT2D eigenvalue weighted by Crippen LogP contribution is -2.55. The highest BCUT2D eigenvalue weighted by Crippen LogP contribution is 2.48. The van der Waals surface area contributed by atoms with E-state index in [1.165, 1.54) is 0 Å². The number of hydrogen-bond acceptors (Lipinski definition) is 8. The SMILES string of the molecule is [C-]#[N+]c1ccc(OC2CCC3(C2)CN(c2ccc(C(=O)N4CCC(CN5Cc6cc7c(cc6C5)C(=O)N(C5CCC(=O)NC5=O)C7=O)CC4)cc2)C3)cc1Cl. The van der Waals surface area contributed by atoms with Gasteiger partial charge >= 0.3 is 0 Å². The van der Waals surface area contributed by atoms with Crippen LogP contribution < -0.4 is 15.0 Å². The molecule has 282 valence electrons. The van der Waals surface area contributed by atoms with Crippen molar-refractivity contribution in [3.63, 3.8) is 0 Å². The first kappa shape index (κ1) is 35.5. The molecule has 2 unspecified atom stereocenters. The smallest absolute Gasteiger partial charge is 0.262 e. The standard InChI is InChI=1S/C42H41ClN6O6/c1-44-35-7-6-30(18-34(35)43)55-31-10-13-42(19-31)23-48(24-42)29-4-2-26(3-5-29)39(52)47-14-11-25(12-15-47)20-46-21-27-16-32-33(17-28(27)22-46)41(54)49(40(32)53)36-8-9-37(50)45-38(36)51/h2-7,16-18,25,31,36H,8-15,19-24H2,(H,45,50,51). The van der Waals surface area contributed by atoms with Gasteiger partial charge in [0.2, 0.25) is 17.5 Å². The Morgan fingerprint density at radius 1 is 0.909 bits per heavy atom. The summed E-state index contributed by atoms with van der Waals surface area (Å²) in [6.07, 6.45) is 5.27. The van der Waals surface area contributed by atoms with Crippen LogP contribution in [0.4, 0.5) is 11.4 Å². The van der Waals surface area contributed by atoms with E-state index in [1.54, 1.807) is 24.3 Å². The summed E-state index contributed by atoms with van der Waals surface area (Å²) < 4.78 is 6.24. The summed E-state index contributed by atoms with van der Waals surface area (Å²) in [4.78, 5) is 75.2. The van der Waals surface area contributed by atoms with Crippen LogP contribution in [0.25, 0.3) is 4.85 Å². The minimum atomic E-state index is -0.968. The average Bonchev–Trinajstić information content (AvgIpc) is 3.84. The first-order valence-electron chi connectivity index (χ1n) is 19.1. The molecule has 1 spiro atoms. The van der Waals surface area contributed by atoms with Gasteiger partial charge in [-0.25, -0.2) is 4.85 Å². The molecular weight excluding hydrogens is 720 g/mol. The lowest BCUT2D eigenvalue weighted by Gasteiger charge is -2.49. The van der Waals surface area contributed by atoms with Crippen LogP contribution >= 0.6 is 11.6 Å². The molecule has 12 nitrogen and oxygen atoms in total. The predicted molar refractivity (Wildman–Crippen MR) is 203 cm³/mol. The number of fused-ring (bicyclic) bond motifs is 2. The van der Waals surface area contributed by atoms with Gasteiger partial charge < -0.3 is 14.5 Å². The van der Waals surface area contributed by atoms with Gasteiger partial charge in [-0.2, -0.15) is 0 Å². The molecule has 3 aromatic carbocycles. The Kier molecular flexibility index (Phi) is 8.89. The second kappa shape index (κ2) is 13.8. The number of carbonyl (C=O) groups is 5. The third kappa shape index (κ3) is 6.53. The van der Waals surface area contributed by atoms with Crippen molar-refractivity contribution in [1.82, 2.24) is 20.0 Å². The normalized spacial score (nSPS) is 23.5. The molecule has 1 aliphatic carbocycles. The molecule has 55 heavy (non-hydrogen) atoms. The van der Waals surface area contributed by atoms with Crippen LogP contribution in [-0.4, -0.2) is 89.1 Å². The Labute approximate surface area is 324 Å². The second-order valence-corrected chi connectivity index (χ2v) is 16.5. The number of ether oxygens (including phenoxy) is 1.